The van der Waals surface area contributed by atoms with Crippen LogP contribution in [0.15, 0.2) is 77.8 Å². The van der Waals surface area contributed by atoms with Crippen molar-refractivity contribution < 1.29 is 0 Å². The van der Waals surface area contributed by atoms with E-state index in [-0.39, 0.29) is 0 Å². The number of benzene rings is 3. The number of nitrogens with zero attached hydrogens (tertiary/aromatic N) is 2. The van der Waals surface area contributed by atoms with E-state index in [4.69, 9.17) is 51.4 Å². The number of rotatable bonds is 5. The lowest BCUT2D eigenvalue weighted by Gasteiger charge is -2.13. The SMILES string of the molecule is N#Cc1c(-c2ccc(Cl)cc2)cc(-c2ccc(Cl)cc2)nc1SCc1ccc(Cl)cc1Cl. The standard InChI is InChI=1S/C25H14Cl4N2S/c26-18-6-1-15(2-7-18)21-12-24(16-3-8-19(27)9-4-16)31-25(22(21)13-30)32-14-17-5-10-20(28)11-23(17)29/h1-12H,14H2. The first-order chi connectivity index (χ1) is 15.4. The highest BCUT2D eigenvalue weighted by Crippen LogP contribution is 2.37. The van der Waals surface area contributed by atoms with Crippen molar-refractivity contribution in [3.05, 3.63) is 104 Å². The molecule has 0 N–H and O–H groups in total. The fourth-order valence-electron chi connectivity index (χ4n) is 3.14. The summed E-state index contributed by atoms with van der Waals surface area (Å²) in [7, 11) is 0. The van der Waals surface area contributed by atoms with E-state index in [0.717, 1.165) is 27.9 Å². The molecule has 3 aromatic carbocycles. The summed E-state index contributed by atoms with van der Waals surface area (Å²) >= 11 is 26.0. The average molecular weight is 516 g/mol. The highest BCUT2D eigenvalue weighted by atomic mass is 35.5. The summed E-state index contributed by atoms with van der Waals surface area (Å²) in [4.78, 5) is 4.81. The number of aromatic nitrogens is 1. The Kier molecular flexibility index (Phi) is 7.30. The van der Waals surface area contributed by atoms with E-state index in [1.165, 1.54) is 11.8 Å². The van der Waals surface area contributed by atoms with Crippen LogP contribution in [0, 0.1) is 11.3 Å². The van der Waals surface area contributed by atoms with Crippen molar-refractivity contribution in [3.8, 4) is 28.5 Å². The van der Waals surface area contributed by atoms with Gasteiger partial charge in [0.15, 0.2) is 0 Å². The molecular formula is C25H14Cl4N2S. The molecule has 2 nitrogen and oxygen atoms in total. The summed E-state index contributed by atoms with van der Waals surface area (Å²) in [5.41, 5.74) is 4.73. The summed E-state index contributed by atoms with van der Waals surface area (Å²) < 4.78 is 0. The first-order valence-corrected chi connectivity index (χ1v) is 12.0. The third kappa shape index (κ3) is 5.23. The summed E-state index contributed by atoms with van der Waals surface area (Å²) in [6, 6.07) is 24.5. The molecule has 0 amide bonds. The van der Waals surface area contributed by atoms with Crippen LogP contribution in [0.4, 0.5) is 0 Å². The zero-order valence-electron chi connectivity index (χ0n) is 16.4. The number of hydrogen-bond donors (Lipinski definition) is 0. The van der Waals surface area contributed by atoms with Crippen molar-refractivity contribution in [2.75, 3.05) is 0 Å². The normalized spacial score (nSPS) is 10.7. The molecule has 0 aliphatic rings. The Hall–Kier alpha value is -2.19. The summed E-state index contributed by atoms with van der Waals surface area (Å²) in [6.07, 6.45) is 0. The lowest BCUT2D eigenvalue weighted by molar-refractivity contribution is 1.12. The molecule has 0 saturated carbocycles. The zero-order valence-corrected chi connectivity index (χ0v) is 20.3. The van der Waals surface area contributed by atoms with Gasteiger partial charge in [-0.2, -0.15) is 5.26 Å². The van der Waals surface area contributed by atoms with Gasteiger partial charge in [0.1, 0.15) is 11.1 Å². The average Bonchev–Trinajstić information content (AvgIpc) is 2.79. The Bertz CT molecular complexity index is 1310. The van der Waals surface area contributed by atoms with Crippen molar-refractivity contribution in [3.63, 3.8) is 0 Å². The number of halogens is 4. The first-order valence-electron chi connectivity index (χ1n) is 9.48. The van der Waals surface area contributed by atoms with Crippen LogP contribution in [0.2, 0.25) is 20.1 Å². The van der Waals surface area contributed by atoms with Gasteiger partial charge >= 0.3 is 0 Å². The van der Waals surface area contributed by atoms with Crippen LogP contribution in [0.25, 0.3) is 22.4 Å². The molecule has 4 rings (SSSR count). The van der Waals surface area contributed by atoms with Gasteiger partial charge in [0.05, 0.1) is 11.3 Å². The molecule has 158 valence electrons. The van der Waals surface area contributed by atoms with Crippen molar-refractivity contribution in [1.82, 2.24) is 4.98 Å². The zero-order chi connectivity index (χ0) is 22.7. The summed E-state index contributed by atoms with van der Waals surface area (Å²) in [6.45, 7) is 0. The van der Waals surface area contributed by atoms with E-state index in [0.29, 0.717) is 36.4 Å². The molecule has 0 radical (unpaired) electrons. The molecule has 0 saturated heterocycles. The van der Waals surface area contributed by atoms with Crippen LogP contribution in [-0.4, -0.2) is 4.98 Å². The van der Waals surface area contributed by atoms with Crippen molar-refractivity contribution in [1.29, 1.82) is 5.26 Å². The van der Waals surface area contributed by atoms with E-state index < -0.39 is 0 Å². The van der Waals surface area contributed by atoms with E-state index in [1.807, 2.05) is 48.5 Å². The monoisotopic (exact) mass is 514 g/mol. The third-order valence-electron chi connectivity index (χ3n) is 4.77. The maximum Gasteiger partial charge on any atom is 0.115 e. The third-order valence-corrected chi connectivity index (χ3v) is 6.89. The molecule has 0 aliphatic heterocycles. The maximum absolute atomic E-state index is 10.0. The van der Waals surface area contributed by atoms with Crippen molar-refractivity contribution >= 4 is 58.2 Å². The van der Waals surface area contributed by atoms with Gasteiger partial charge in [-0.25, -0.2) is 4.98 Å². The molecule has 0 bridgehead atoms. The Labute approximate surface area is 210 Å². The molecule has 0 aliphatic carbocycles. The second-order valence-corrected chi connectivity index (χ2v) is 9.57. The van der Waals surface area contributed by atoms with Gasteiger partial charge in [-0.15, -0.1) is 11.8 Å². The molecule has 0 unspecified atom stereocenters. The lowest BCUT2D eigenvalue weighted by Crippen LogP contribution is -1.96. The molecule has 32 heavy (non-hydrogen) atoms. The van der Waals surface area contributed by atoms with Crippen LogP contribution in [0.5, 0.6) is 0 Å². The quantitative estimate of drug-likeness (QED) is 0.248. The number of nitriles is 1. The van der Waals surface area contributed by atoms with Gasteiger partial charge in [-0.3, -0.25) is 0 Å². The van der Waals surface area contributed by atoms with Gasteiger partial charge in [0, 0.05) is 37.0 Å². The predicted octanol–water partition coefficient (Wildman–Crippen LogP) is 9.19. The molecule has 7 heteroatoms. The second kappa shape index (κ2) is 10.2. The minimum atomic E-state index is 0.500. The Morgan fingerprint density at radius 2 is 1.34 bits per heavy atom. The Morgan fingerprint density at radius 3 is 1.94 bits per heavy atom. The Morgan fingerprint density at radius 1 is 0.750 bits per heavy atom. The number of hydrogen-bond acceptors (Lipinski definition) is 3. The highest BCUT2D eigenvalue weighted by Gasteiger charge is 2.17. The van der Waals surface area contributed by atoms with E-state index >= 15 is 0 Å². The van der Waals surface area contributed by atoms with Gasteiger partial charge < -0.3 is 0 Å². The summed E-state index contributed by atoms with van der Waals surface area (Å²) in [5, 5.41) is 13.1. The molecule has 0 fully saturated rings. The van der Waals surface area contributed by atoms with Crippen LogP contribution in [0.3, 0.4) is 0 Å². The van der Waals surface area contributed by atoms with E-state index in [9.17, 15) is 5.26 Å². The molecule has 1 heterocycles. The molecular weight excluding hydrogens is 502 g/mol. The van der Waals surface area contributed by atoms with Crippen molar-refractivity contribution in [2.24, 2.45) is 0 Å². The minimum absolute atomic E-state index is 0.500. The predicted molar refractivity (Wildman–Crippen MR) is 136 cm³/mol. The van der Waals surface area contributed by atoms with Crippen LogP contribution in [-0.2, 0) is 5.75 Å². The lowest BCUT2D eigenvalue weighted by atomic mass is 9.99. The smallest absolute Gasteiger partial charge is 0.115 e. The Balaban J connectivity index is 1.82. The van der Waals surface area contributed by atoms with E-state index in [1.54, 1.807) is 24.3 Å². The fraction of sp³-hybridized carbons (Fsp3) is 0.0400. The second-order valence-electron chi connectivity index (χ2n) is 6.89. The molecule has 1 aromatic heterocycles. The molecule has 0 atom stereocenters. The van der Waals surface area contributed by atoms with Gasteiger partial charge in [-0.05, 0) is 53.6 Å². The number of pyridine rings is 1. The fourth-order valence-corrected chi connectivity index (χ4v) is 4.96. The van der Waals surface area contributed by atoms with Crippen molar-refractivity contribution in [2.45, 2.75) is 10.8 Å². The van der Waals surface area contributed by atoms with Crippen LogP contribution >= 0.6 is 58.2 Å². The molecule has 0 spiro atoms. The highest BCUT2D eigenvalue weighted by molar-refractivity contribution is 7.98. The topological polar surface area (TPSA) is 36.7 Å². The van der Waals surface area contributed by atoms with Gasteiger partial charge in [-0.1, -0.05) is 76.7 Å². The number of thioether (sulfide) groups is 1. The first kappa shape index (κ1) is 23.0. The van der Waals surface area contributed by atoms with Gasteiger partial charge in [0.2, 0.25) is 0 Å². The maximum atomic E-state index is 10.0. The summed E-state index contributed by atoms with van der Waals surface area (Å²) in [5.74, 6) is 0.543. The molecule has 4 aromatic rings. The van der Waals surface area contributed by atoms with E-state index in [2.05, 4.69) is 6.07 Å². The largest absolute Gasteiger partial charge is 0.240 e. The van der Waals surface area contributed by atoms with Gasteiger partial charge in [0.25, 0.3) is 0 Å². The van der Waals surface area contributed by atoms with Crippen LogP contribution < -0.4 is 0 Å². The van der Waals surface area contributed by atoms with Crippen LogP contribution in [0.1, 0.15) is 11.1 Å². The minimum Gasteiger partial charge on any atom is -0.240 e.